The standard InChI is InChI=1S/C17H24N4O7/c1-9(18)15(25)19-7-14(24)20-12(6-10-2-4-11(23)5-3-10)16(26)21-13(8-22)17(27)28/h2-5,9,12-13,22-23H,6-8,18H2,1H3,(H,19,25)(H,20,24)(H,21,26)(H,27,28). The van der Waals surface area contributed by atoms with E-state index in [2.05, 4.69) is 16.0 Å². The number of carbonyl (C=O) groups excluding carboxylic acids is 3. The lowest BCUT2D eigenvalue weighted by Crippen LogP contribution is -2.55. The second kappa shape index (κ2) is 10.8. The number of aliphatic hydroxyl groups excluding tert-OH is 1. The molecule has 1 aromatic carbocycles. The molecule has 0 aliphatic heterocycles. The number of phenolic OH excluding ortho intramolecular Hbond substituents is 1. The number of amides is 3. The van der Waals surface area contributed by atoms with Gasteiger partial charge in [-0.25, -0.2) is 4.79 Å². The molecule has 0 fully saturated rings. The molecule has 0 aliphatic carbocycles. The summed E-state index contributed by atoms with van der Waals surface area (Å²) in [4.78, 5) is 46.9. The van der Waals surface area contributed by atoms with E-state index in [1.165, 1.54) is 31.2 Å². The van der Waals surface area contributed by atoms with Crippen LogP contribution < -0.4 is 21.7 Å². The SMILES string of the molecule is CC(N)C(=O)NCC(=O)NC(Cc1ccc(O)cc1)C(=O)NC(CO)C(=O)O. The van der Waals surface area contributed by atoms with Gasteiger partial charge in [-0.1, -0.05) is 12.1 Å². The van der Waals surface area contributed by atoms with E-state index in [1.807, 2.05) is 0 Å². The maximum Gasteiger partial charge on any atom is 0.328 e. The van der Waals surface area contributed by atoms with Gasteiger partial charge in [0.25, 0.3) is 0 Å². The first-order valence-corrected chi connectivity index (χ1v) is 8.38. The minimum Gasteiger partial charge on any atom is -0.508 e. The summed E-state index contributed by atoms with van der Waals surface area (Å²) < 4.78 is 0. The Kier molecular flexibility index (Phi) is 8.85. The van der Waals surface area contributed by atoms with Crippen LogP contribution in [0.15, 0.2) is 24.3 Å². The molecule has 0 aromatic heterocycles. The molecular formula is C17H24N4O7. The number of carbonyl (C=O) groups is 4. The van der Waals surface area contributed by atoms with Crippen molar-refractivity contribution >= 4 is 23.7 Å². The van der Waals surface area contributed by atoms with Crippen molar-refractivity contribution in [3.05, 3.63) is 29.8 Å². The van der Waals surface area contributed by atoms with Gasteiger partial charge in [0, 0.05) is 6.42 Å². The van der Waals surface area contributed by atoms with Crippen molar-refractivity contribution in [2.45, 2.75) is 31.5 Å². The van der Waals surface area contributed by atoms with Gasteiger partial charge in [0.2, 0.25) is 17.7 Å². The van der Waals surface area contributed by atoms with E-state index in [1.54, 1.807) is 0 Å². The maximum atomic E-state index is 12.4. The van der Waals surface area contributed by atoms with Gasteiger partial charge in [0.1, 0.15) is 17.8 Å². The number of aliphatic hydroxyl groups is 1. The third-order valence-corrected chi connectivity index (χ3v) is 3.66. The van der Waals surface area contributed by atoms with Crippen molar-refractivity contribution in [2.75, 3.05) is 13.2 Å². The van der Waals surface area contributed by atoms with Crippen molar-refractivity contribution < 1.29 is 34.5 Å². The lowest BCUT2D eigenvalue weighted by Gasteiger charge is -2.21. The van der Waals surface area contributed by atoms with Gasteiger partial charge in [-0.2, -0.15) is 0 Å². The van der Waals surface area contributed by atoms with Gasteiger partial charge in [-0.15, -0.1) is 0 Å². The zero-order valence-corrected chi connectivity index (χ0v) is 15.2. The highest BCUT2D eigenvalue weighted by atomic mass is 16.4. The first kappa shape index (κ1) is 22.9. The van der Waals surface area contributed by atoms with Crippen LogP contribution in [0.5, 0.6) is 5.75 Å². The molecule has 0 bridgehead atoms. The number of hydrogen-bond donors (Lipinski definition) is 7. The number of benzene rings is 1. The highest BCUT2D eigenvalue weighted by Gasteiger charge is 2.26. The normalized spacial score (nSPS) is 13.7. The van der Waals surface area contributed by atoms with Gasteiger partial charge in [0.15, 0.2) is 0 Å². The van der Waals surface area contributed by atoms with Crippen LogP contribution in [0, 0.1) is 0 Å². The number of aliphatic carboxylic acids is 1. The highest BCUT2D eigenvalue weighted by Crippen LogP contribution is 2.11. The molecule has 3 amide bonds. The Morgan fingerprint density at radius 1 is 1.04 bits per heavy atom. The minimum absolute atomic E-state index is 0.0126. The van der Waals surface area contributed by atoms with Crippen molar-refractivity contribution in [3.8, 4) is 5.75 Å². The summed E-state index contributed by atoms with van der Waals surface area (Å²) >= 11 is 0. The van der Waals surface area contributed by atoms with Crippen LogP contribution >= 0.6 is 0 Å². The van der Waals surface area contributed by atoms with Crippen LogP contribution in [0.3, 0.4) is 0 Å². The third kappa shape index (κ3) is 7.60. The molecule has 1 rings (SSSR count). The van der Waals surface area contributed by atoms with E-state index in [4.69, 9.17) is 15.9 Å². The zero-order chi connectivity index (χ0) is 21.3. The van der Waals surface area contributed by atoms with Crippen molar-refractivity contribution in [1.29, 1.82) is 0 Å². The number of hydrogen-bond acceptors (Lipinski definition) is 7. The maximum absolute atomic E-state index is 12.4. The van der Waals surface area contributed by atoms with Gasteiger partial charge in [0.05, 0.1) is 19.2 Å². The van der Waals surface area contributed by atoms with Gasteiger partial charge in [-0.05, 0) is 24.6 Å². The Morgan fingerprint density at radius 2 is 1.64 bits per heavy atom. The molecule has 154 valence electrons. The molecule has 0 aliphatic rings. The molecule has 3 atom stereocenters. The lowest BCUT2D eigenvalue weighted by atomic mass is 10.0. The molecule has 0 heterocycles. The van der Waals surface area contributed by atoms with Crippen LogP contribution in [-0.2, 0) is 25.6 Å². The van der Waals surface area contributed by atoms with E-state index >= 15 is 0 Å². The summed E-state index contributed by atoms with van der Waals surface area (Å²) in [7, 11) is 0. The summed E-state index contributed by atoms with van der Waals surface area (Å²) in [5, 5.41) is 34.2. The molecule has 0 radical (unpaired) electrons. The summed E-state index contributed by atoms with van der Waals surface area (Å²) in [6.45, 7) is 0.183. The molecular weight excluding hydrogens is 372 g/mol. The molecule has 28 heavy (non-hydrogen) atoms. The number of phenols is 1. The molecule has 11 heteroatoms. The zero-order valence-electron chi connectivity index (χ0n) is 15.2. The van der Waals surface area contributed by atoms with E-state index in [-0.39, 0.29) is 12.2 Å². The Bertz CT molecular complexity index is 706. The predicted octanol–water partition coefficient (Wildman–Crippen LogP) is -2.56. The molecule has 3 unspecified atom stereocenters. The van der Waals surface area contributed by atoms with Crippen LogP contribution in [0.4, 0.5) is 0 Å². The first-order chi connectivity index (χ1) is 13.1. The molecule has 0 saturated carbocycles. The molecule has 0 spiro atoms. The van der Waals surface area contributed by atoms with Crippen molar-refractivity contribution in [2.24, 2.45) is 5.73 Å². The fourth-order valence-electron chi connectivity index (χ4n) is 2.11. The summed E-state index contributed by atoms with van der Waals surface area (Å²) in [6, 6.07) is 2.30. The number of aromatic hydroxyl groups is 1. The Morgan fingerprint density at radius 3 is 2.14 bits per heavy atom. The topological polar surface area (TPSA) is 191 Å². The average Bonchev–Trinajstić information content (AvgIpc) is 2.64. The summed E-state index contributed by atoms with van der Waals surface area (Å²) in [5.74, 6) is -3.50. The van der Waals surface area contributed by atoms with Gasteiger partial charge >= 0.3 is 5.97 Å². The Labute approximate surface area is 160 Å². The lowest BCUT2D eigenvalue weighted by molar-refractivity contribution is -0.143. The molecule has 0 saturated heterocycles. The molecule has 8 N–H and O–H groups in total. The highest BCUT2D eigenvalue weighted by molar-refractivity contribution is 5.92. The van der Waals surface area contributed by atoms with Gasteiger partial charge < -0.3 is 37.0 Å². The molecule has 1 aromatic rings. The fourth-order valence-corrected chi connectivity index (χ4v) is 2.11. The minimum atomic E-state index is -1.54. The second-order valence-electron chi connectivity index (χ2n) is 6.08. The van der Waals surface area contributed by atoms with Crippen molar-refractivity contribution in [3.63, 3.8) is 0 Å². The summed E-state index contributed by atoms with van der Waals surface area (Å²) in [5.41, 5.74) is 5.95. The van der Waals surface area contributed by atoms with E-state index in [0.717, 1.165) is 0 Å². The van der Waals surface area contributed by atoms with Crippen LogP contribution in [0.1, 0.15) is 12.5 Å². The molecule has 11 nitrogen and oxygen atoms in total. The van der Waals surface area contributed by atoms with Crippen LogP contribution in [-0.4, -0.2) is 70.3 Å². The van der Waals surface area contributed by atoms with Crippen molar-refractivity contribution in [1.82, 2.24) is 16.0 Å². The van der Waals surface area contributed by atoms with Gasteiger partial charge in [-0.3, -0.25) is 14.4 Å². The summed E-state index contributed by atoms with van der Waals surface area (Å²) in [6.07, 6.45) is -0.0170. The largest absolute Gasteiger partial charge is 0.508 e. The predicted molar refractivity (Wildman–Crippen MR) is 97.1 cm³/mol. The monoisotopic (exact) mass is 396 g/mol. The van der Waals surface area contributed by atoms with Crippen LogP contribution in [0.25, 0.3) is 0 Å². The fraction of sp³-hybridized carbons (Fsp3) is 0.412. The number of rotatable bonds is 10. The van der Waals surface area contributed by atoms with E-state index < -0.39 is 55.0 Å². The first-order valence-electron chi connectivity index (χ1n) is 8.38. The Balaban J connectivity index is 2.85. The second-order valence-corrected chi connectivity index (χ2v) is 6.08. The van der Waals surface area contributed by atoms with E-state index in [0.29, 0.717) is 5.56 Å². The van der Waals surface area contributed by atoms with E-state index in [9.17, 15) is 24.3 Å². The number of carboxylic acid groups (broad SMARTS) is 1. The average molecular weight is 396 g/mol. The third-order valence-electron chi connectivity index (χ3n) is 3.66. The number of nitrogens with one attached hydrogen (secondary N) is 3. The smallest absolute Gasteiger partial charge is 0.328 e. The number of carboxylic acids is 1. The Hall–Kier alpha value is -3.18. The van der Waals surface area contributed by atoms with Crippen LogP contribution in [0.2, 0.25) is 0 Å². The number of nitrogens with two attached hydrogens (primary N) is 1. The quantitative estimate of drug-likeness (QED) is 0.225.